The van der Waals surface area contributed by atoms with Gasteiger partial charge in [-0.3, -0.25) is 9.69 Å². The van der Waals surface area contributed by atoms with Crippen molar-refractivity contribution in [1.82, 2.24) is 9.80 Å². The van der Waals surface area contributed by atoms with Gasteiger partial charge in [-0.05, 0) is 37.8 Å². The standard InChI is InChI=1S/C18H25FN2O2/c1-12-6-7-16(19)15(8-12)18(23)20(2)17(13-4-3-5-13)11-21-9-14(22)10-21/h6-8,13-14,17,22H,3-5,9-11H2,1-2H3. The molecule has 23 heavy (non-hydrogen) atoms. The highest BCUT2D eigenvalue weighted by molar-refractivity contribution is 5.94. The van der Waals surface area contributed by atoms with E-state index in [2.05, 4.69) is 4.90 Å². The third-order valence-corrected chi connectivity index (χ3v) is 5.25. The minimum atomic E-state index is -0.459. The molecule has 0 radical (unpaired) electrons. The Morgan fingerprint density at radius 2 is 2.13 bits per heavy atom. The zero-order valence-corrected chi connectivity index (χ0v) is 13.8. The first-order valence-electron chi connectivity index (χ1n) is 8.39. The second-order valence-corrected chi connectivity index (χ2v) is 7.03. The van der Waals surface area contributed by atoms with Crippen molar-refractivity contribution in [3.63, 3.8) is 0 Å². The number of halogens is 1. The lowest BCUT2D eigenvalue weighted by Gasteiger charge is -2.45. The molecule has 2 aliphatic rings. The fourth-order valence-corrected chi connectivity index (χ4v) is 3.51. The molecule has 5 heteroatoms. The molecule has 3 rings (SSSR count). The van der Waals surface area contributed by atoms with E-state index in [4.69, 9.17) is 0 Å². The molecular weight excluding hydrogens is 295 g/mol. The highest BCUT2D eigenvalue weighted by Crippen LogP contribution is 2.33. The molecule has 126 valence electrons. The molecule has 0 aromatic heterocycles. The highest BCUT2D eigenvalue weighted by atomic mass is 19.1. The molecule has 1 N–H and O–H groups in total. The molecule has 1 aromatic rings. The van der Waals surface area contributed by atoms with Crippen LogP contribution in [0.4, 0.5) is 4.39 Å². The second-order valence-electron chi connectivity index (χ2n) is 7.03. The molecule has 4 nitrogen and oxygen atoms in total. The zero-order chi connectivity index (χ0) is 16.6. The largest absolute Gasteiger partial charge is 0.390 e. The van der Waals surface area contributed by atoms with Gasteiger partial charge in [-0.1, -0.05) is 18.1 Å². The summed E-state index contributed by atoms with van der Waals surface area (Å²) >= 11 is 0. The number of β-amino-alcohol motifs (C(OH)–C–C–N with tert-alkyl or cyclic N) is 1. The first-order valence-corrected chi connectivity index (χ1v) is 8.39. The van der Waals surface area contributed by atoms with Gasteiger partial charge in [-0.15, -0.1) is 0 Å². The Hall–Kier alpha value is -1.46. The average molecular weight is 320 g/mol. The summed E-state index contributed by atoms with van der Waals surface area (Å²) in [5.74, 6) is -0.224. The number of aliphatic hydroxyl groups excluding tert-OH is 1. The van der Waals surface area contributed by atoms with Crippen molar-refractivity contribution in [2.75, 3.05) is 26.7 Å². The maximum Gasteiger partial charge on any atom is 0.256 e. The van der Waals surface area contributed by atoms with Crippen LogP contribution in [0.15, 0.2) is 18.2 Å². The molecular formula is C18H25FN2O2. The number of carbonyl (C=O) groups is 1. The van der Waals surface area contributed by atoms with E-state index in [0.29, 0.717) is 19.0 Å². The van der Waals surface area contributed by atoms with E-state index >= 15 is 0 Å². The summed E-state index contributed by atoms with van der Waals surface area (Å²) in [5, 5.41) is 9.46. The fraction of sp³-hybridized carbons (Fsp3) is 0.611. The summed E-state index contributed by atoms with van der Waals surface area (Å²) in [4.78, 5) is 16.7. The lowest BCUT2D eigenvalue weighted by atomic mass is 9.78. The second kappa shape index (κ2) is 6.57. The van der Waals surface area contributed by atoms with Gasteiger partial charge in [0.05, 0.1) is 11.7 Å². The number of nitrogens with zero attached hydrogens (tertiary/aromatic N) is 2. The van der Waals surface area contributed by atoms with Crippen molar-refractivity contribution in [2.24, 2.45) is 5.92 Å². The number of likely N-dealkylation sites (tertiary alicyclic amines) is 1. The molecule has 1 unspecified atom stereocenters. The van der Waals surface area contributed by atoms with Gasteiger partial charge in [0.25, 0.3) is 5.91 Å². The van der Waals surface area contributed by atoms with Crippen LogP contribution in [-0.2, 0) is 0 Å². The Balaban J connectivity index is 1.75. The maximum atomic E-state index is 14.0. The molecule has 1 heterocycles. The van der Waals surface area contributed by atoms with Gasteiger partial charge in [0, 0.05) is 32.7 Å². The average Bonchev–Trinajstić information content (AvgIpc) is 2.44. The van der Waals surface area contributed by atoms with Gasteiger partial charge in [0.1, 0.15) is 5.82 Å². The monoisotopic (exact) mass is 320 g/mol. The minimum absolute atomic E-state index is 0.0867. The predicted octanol–water partition coefficient (Wildman–Crippen LogP) is 2.05. The van der Waals surface area contributed by atoms with Gasteiger partial charge in [-0.25, -0.2) is 4.39 Å². The van der Waals surface area contributed by atoms with E-state index in [1.807, 2.05) is 6.92 Å². The number of likely N-dealkylation sites (N-methyl/N-ethyl adjacent to an activating group) is 1. The van der Waals surface area contributed by atoms with E-state index in [9.17, 15) is 14.3 Å². The normalized spacial score (nSPS) is 20.7. The van der Waals surface area contributed by atoms with Crippen LogP contribution in [0.2, 0.25) is 0 Å². The number of hydrogen-bond acceptors (Lipinski definition) is 3. The Labute approximate surface area is 136 Å². The molecule has 2 fully saturated rings. The summed E-state index contributed by atoms with van der Waals surface area (Å²) in [6, 6.07) is 4.75. The Kier molecular flexibility index (Phi) is 4.69. The summed E-state index contributed by atoms with van der Waals surface area (Å²) in [7, 11) is 1.78. The van der Waals surface area contributed by atoms with Crippen molar-refractivity contribution in [3.05, 3.63) is 35.1 Å². The summed E-state index contributed by atoms with van der Waals surface area (Å²) in [5.41, 5.74) is 1.04. The number of hydrogen-bond donors (Lipinski definition) is 1. The molecule has 0 spiro atoms. The predicted molar refractivity (Wildman–Crippen MR) is 86.8 cm³/mol. The Morgan fingerprint density at radius 1 is 1.43 bits per heavy atom. The van der Waals surface area contributed by atoms with Gasteiger partial charge in [0.2, 0.25) is 0 Å². The number of aliphatic hydroxyl groups is 1. The third kappa shape index (κ3) is 3.40. The first kappa shape index (κ1) is 16.4. The lowest BCUT2D eigenvalue weighted by Crippen LogP contribution is -2.58. The molecule has 1 atom stereocenters. The van der Waals surface area contributed by atoms with Crippen LogP contribution in [0, 0.1) is 18.7 Å². The summed E-state index contributed by atoms with van der Waals surface area (Å²) in [6.45, 7) is 3.96. The number of benzene rings is 1. The van der Waals surface area contributed by atoms with Crippen molar-refractivity contribution >= 4 is 5.91 Å². The quantitative estimate of drug-likeness (QED) is 0.903. The number of aryl methyl sites for hydroxylation is 1. The first-order chi connectivity index (χ1) is 11.0. The topological polar surface area (TPSA) is 43.8 Å². The number of amides is 1. The van der Waals surface area contributed by atoms with E-state index in [1.54, 1.807) is 24.1 Å². The van der Waals surface area contributed by atoms with Crippen LogP contribution in [-0.4, -0.2) is 59.6 Å². The van der Waals surface area contributed by atoms with Crippen LogP contribution < -0.4 is 0 Å². The molecule has 1 amide bonds. The smallest absolute Gasteiger partial charge is 0.256 e. The maximum absolute atomic E-state index is 14.0. The molecule has 1 aliphatic carbocycles. The molecule has 0 bridgehead atoms. The molecule has 1 saturated carbocycles. The number of carbonyl (C=O) groups excluding carboxylic acids is 1. The summed E-state index contributed by atoms with van der Waals surface area (Å²) < 4.78 is 14.0. The zero-order valence-electron chi connectivity index (χ0n) is 13.8. The summed E-state index contributed by atoms with van der Waals surface area (Å²) in [6.07, 6.45) is 3.20. The van der Waals surface area contributed by atoms with E-state index < -0.39 is 5.82 Å². The van der Waals surface area contributed by atoms with Crippen molar-refractivity contribution in [2.45, 2.75) is 38.3 Å². The molecule has 1 aromatic carbocycles. The van der Waals surface area contributed by atoms with E-state index in [1.165, 1.54) is 12.5 Å². The molecule has 1 aliphatic heterocycles. The number of rotatable bonds is 5. The van der Waals surface area contributed by atoms with Crippen LogP contribution >= 0.6 is 0 Å². The van der Waals surface area contributed by atoms with Crippen molar-refractivity contribution < 1.29 is 14.3 Å². The Bertz CT molecular complexity index is 582. The van der Waals surface area contributed by atoms with Crippen LogP contribution in [0.5, 0.6) is 0 Å². The van der Waals surface area contributed by atoms with Gasteiger partial charge in [-0.2, -0.15) is 0 Å². The SMILES string of the molecule is Cc1ccc(F)c(C(=O)N(C)C(CN2CC(O)C2)C2CCC2)c1. The van der Waals surface area contributed by atoms with Gasteiger partial charge < -0.3 is 10.0 Å². The fourth-order valence-electron chi connectivity index (χ4n) is 3.51. The molecule has 1 saturated heterocycles. The minimum Gasteiger partial charge on any atom is -0.390 e. The van der Waals surface area contributed by atoms with Gasteiger partial charge >= 0.3 is 0 Å². The Morgan fingerprint density at radius 3 is 2.70 bits per heavy atom. The van der Waals surface area contributed by atoms with Crippen LogP contribution in [0.3, 0.4) is 0 Å². The van der Waals surface area contributed by atoms with Crippen molar-refractivity contribution in [3.8, 4) is 0 Å². The third-order valence-electron chi connectivity index (χ3n) is 5.25. The van der Waals surface area contributed by atoms with Crippen LogP contribution in [0.25, 0.3) is 0 Å². The van der Waals surface area contributed by atoms with Crippen molar-refractivity contribution in [1.29, 1.82) is 0 Å². The van der Waals surface area contributed by atoms with E-state index in [-0.39, 0.29) is 23.6 Å². The lowest BCUT2D eigenvalue weighted by molar-refractivity contribution is -0.0224. The van der Waals surface area contributed by atoms with Gasteiger partial charge in [0.15, 0.2) is 0 Å². The van der Waals surface area contributed by atoms with E-state index in [0.717, 1.165) is 24.9 Å². The highest BCUT2D eigenvalue weighted by Gasteiger charge is 2.37. The van der Waals surface area contributed by atoms with Crippen LogP contribution in [0.1, 0.15) is 35.2 Å².